The molecule has 5 heteroatoms. The van der Waals surface area contributed by atoms with E-state index in [1.54, 1.807) is 19.2 Å². The van der Waals surface area contributed by atoms with Crippen molar-refractivity contribution in [3.8, 4) is 0 Å². The fourth-order valence-electron chi connectivity index (χ4n) is 1.84. The van der Waals surface area contributed by atoms with Crippen LogP contribution in [0, 0.1) is 5.92 Å². The molecule has 1 saturated carbocycles. The minimum Gasteiger partial charge on any atom is -0.383 e. The Morgan fingerprint density at radius 1 is 1.29 bits per heavy atom. The van der Waals surface area contributed by atoms with Crippen molar-refractivity contribution in [3.05, 3.63) is 27.2 Å². The van der Waals surface area contributed by atoms with Crippen LogP contribution in [-0.2, 0) is 4.74 Å². The quantitative estimate of drug-likeness (QED) is 0.864. The molecule has 1 fully saturated rings. The van der Waals surface area contributed by atoms with E-state index in [1.807, 2.05) is 0 Å². The summed E-state index contributed by atoms with van der Waals surface area (Å²) in [5, 5.41) is 4.99. The Balaban J connectivity index is 2.16. The Bertz CT molecular complexity index is 384. The van der Waals surface area contributed by atoms with Crippen LogP contribution >= 0.6 is 34.8 Å². The van der Waals surface area contributed by atoms with Crippen molar-refractivity contribution in [2.75, 3.05) is 19.0 Å². The Morgan fingerprint density at radius 3 is 2.35 bits per heavy atom. The van der Waals surface area contributed by atoms with Gasteiger partial charge in [-0.15, -0.1) is 0 Å². The van der Waals surface area contributed by atoms with Gasteiger partial charge in [-0.2, -0.15) is 0 Å². The van der Waals surface area contributed by atoms with Gasteiger partial charge < -0.3 is 10.1 Å². The smallest absolute Gasteiger partial charge is 0.0723 e. The van der Waals surface area contributed by atoms with Crippen LogP contribution in [0.2, 0.25) is 15.1 Å². The van der Waals surface area contributed by atoms with E-state index in [0.29, 0.717) is 27.6 Å². The summed E-state index contributed by atoms with van der Waals surface area (Å²) in [7, 11) is 1.70. The molecule has 1 atom stereocenters. The Morgan fingerprint density at radius 2 is 1.88 bits per heavy atom. The molecule has 0 aliphatic heterocycles. The minimum absolute atomic E-state index is 0.260. The number of anilines is 1. The standard InChI is InChI=1S/C12H14Cl3NO/c1-17-6-11(7-2-3-7)16-12-9(14)4-8(13)5-10(12)15/h4-5,7,11,16H,2-3,6H2,1H3. The zero-order valence-electron chi connectivity index (χ0n) is 9.47. The van der Waals surface area contributed by atoms with Gasteiger partial charge in [0.05, 0.1) is 28.4 Å². The van der Waals surface area contributed by atoms with Crippen LogP contribution in [0.5, 0.6) is 0 Å². The maximum absolute atomic E-state index is 6.13. The maximum Gasteiger partial charge on any atom is 0.0723 e. The molecular formula is C12H14Cl3NO. The van der Waals surface area contributed by atoms with Gasteiger partial charge in [0.25, 0.3) is 0 Å². The lowest BCUT2D eigenvalue weighted by atomic mass is 10.2. The van der Waals surface area contributed by atoms with E-state index in [4.69, 9.17) is 39.5 Å². The van der Waals surface area contributed by atoms with Crippen LogP contribution in [0.1, 0.15) is 12.8 Å². The number of hydrogen-bond donors (Lipinski definition) is 1. The molecule has 94 valence electrons. The van der Waals surface area contributed by atoms with Gasteiger partial charge in [-0.3, -0.25) is 0 Å². The third-order valence-corrected chi connectivity index (χ3v) is 3.69. The van der Waals surface area contributed by atoms with Crippen LogP contribution < -0.4 is 5.32 Å². The SMILES string of the molecule is COCC(Nc1c(Cl)cc(Cl)cc1Cl)C1CC1. The third-order valence-electron chi connectivity index (χ3n) is 2.87. The molecule has 0 aromatic heterocycles. The molecule has 2 nitrogen and oxygen atoms in total. The van der Waals surface area contributed by atoms with E-state index in [0.717, 1.165) is 5.69 Å². The Hall–Kier alpha value is -0.150. The molecule has 1 N–H and O–H groups in total. The van der Waals surface area contributed by atoms with Crippen LogP contribution in [0.3, 0.4) is 0 Å². The first kappa shape index (κ1) is 13.3. The molecule has 0 saturated heterocycles. The zero-order chi connectivity index (χ0) is 12.4. The topological polar surface area (TPSA) is 21.3 Å². The summed E-state index contributed by atoms with van der Waals surface area (Å²) in [4.78, 5) is 0. The summed E-state index contributed by atoms with van der Waals surface area (Å²) >= 11 is 18.1. The fourth-order valence-corrected chi connectivity index (χ4v) is 2.77. The number of nitrogens with one attached hydrogen (secondary N) is 1. The third kappa shape index (κ3) is 3.41. The number of methoxy groups -OCH3 is 1. The molecule has 0 heterocycles. The summed E-state index contributed by atoms with van der Waals surface area (Å²) in [5.41, 5.74) is 0.742. The highest BCUT2D eigenvalue weighted by molar-refractivity contribution is 6.41. The second-order valence-corrected chi connectivity index (χ2v) is 5.54. The molecule has 0 bridgehead atoms. The normalized spacial score (nSPS) is 16.9. The predicted molar refractivity (Wildman–Crippen MR) is 73.5 cm³/mol. The molecule has 0 spiro atoms. The van der Waals surface area contributed by atoms with E-state index in [9.17, 15) is 0 Å². The molecule has 1 aromatic rings. The molecule has 2 rings (SSSR count). The highest BCUT2D eigenvalue weighted by Crippen LogP contribution is 2.38. The number of hydrogen-bond acceptors (Lipinski definition) is 2. The summed E-state index contributed by atoms with van der Waals surface area (Å²) < 4.78 is 5.21. The predicted octanol–water partition coefficient (Wildman–Crippen LogP) is 4.48. The molecule has 1 aliphatic rings. The van der Waals surface area contributed by atoms with Crippen molar-refractivity contribution < 1.29 is 4.74 Å². The first-order valence-corrected chi connectivity index (χ1v) is 6.65. The zero-order valence-corrected chi connectivity index (χ0v) is 11.7. The second-order valence-electron chi connectivity index (χ2n) is 4.29. The highest BCUT2D eigenvalue weighted by atomic mass is 35.5. The van der Waals surface area contributed by atoms with E-state index >= 15 is 0 Å². The minimum atomic E-state index is 0.260. The van der Waals surface area contributed by atoms with Gasteiger partial charge in [0, 0.05) is 12.1 Å². The molecule has 1 aromatic carbocycles. The molecule has 17 heavy (non-hydrogen) atoms. The summed E-state index contributed by atoms with van der Waals surface area (Å²) in [6.45, 7) is 0.653. The average Bonchev–Trinajstić information content (AvgIpc) is 3.05. The van der Waals surface area contributed by atoms with Gasteiger partial charge in [-0.05, 0) is 30.9 Å². The van der Waals surface area contributed by atoms with Gasteiger partial charge in [-0.25, -0.2) is 0 Å². The van der Waals surface area contributed by atoms with Crippen molar-refractivity contribution in [2.24, 2.45) is 5.92 Å². The van der Waals surface area contributed by atoms with Gasteiger partial charge in [-0.1, -0.05) is 34.8 Å². The summed E-state index contributed by atoms with van der Waals surface area (Å²) in [6, 6.07) is 3.64. The number of rotatable bonds is 5. The lowest BCUT2D eigenvalue weighted by Crippen LogP contribution is -2.27. The molecule has 0 amide bonds. The van der Waals surface area contributed by atoms with Gasteiger partial charge >= 0.3 is 0 Å². The number of halogens is 3. The first-order valence-electron chi connectivity index (χ1n) is 5.52. The first-order chi connectivity index (χ1) is 8.11. The maximum atomic E-state index is 6.13. The van der Waals surface area contributed by atoms with Crippen LogP contribution in [0.25, 0.3) is 0 Å². The van der Waals surface area contributed by atoms with Crippen molar-refractivity contribution in [1.29, 1.82) is 0 Å². The number of ether oxygens (including phenoxy) is 1. The second kappa shape index (κ2) is 5.66. The van der Waals surface area contributed by atoms with E-state index in [2.05, 4.69) is 5.32 Å². The van der Waals surface area contributed by atoms with Crippen LogP contribution in [-0.4, -0.2) is 19.8 Å². The molecule has 1 unspecified atom stereocenters. The van der Waals surface area contributed by atoms with Crippen molar-refractivity contribution in [3.63, 3.8) is 0 Å². The summed E-state index contributed by atoms with van der Waals surface area (Å²) in [5.74, 6) is 0.651. The summed E-state index contributed by atoms with van der Waals surface area (Å²) in [6.07, 6.45) is 2.45. The largest absolute Gasteiger partial charge is 0.383 e. The van der Waals surface area contributed by atoms with Crippen molar-refractivity contribution in [2.45, 2.75) is 18.9 Å². The van der Waals surface area contributed by atoms with Gasteiger partial charge in [0.1, 0.15) is 0 Å². The molecule has 0 radical (unpaired) electrons. The van der Waals surface area contributed by atoms with E-state index < -0.39 is 0 Å². The lowest BCUT2D eigenvalue weighted by Gasteiger charge is -2.20. The average molecular weight is 295 g/mol. The number of benzene rings is 1. The van der Waals surface area contributed by atoms with Crippen molar-refractivity contribution >= 4 is 40.5 Å². The monoisotopic (exact) mass is 293 g/mol. The Kier molecular flexibility index (Phi) is 4.42. The van der Waals surface area contributed by atoms with E-state index in [-0.39, 0.29) is 6.04 Å². The molecular weight excluding hydrogens is 280 g/mol. The van der Waals surface area contributed by atoms with Crippen LogP contribution in [0.4, 0.5) is 5.69 Å². The van der Waals surface area contributed by atoms with Crippen LogP contribution in [0.15, 0.2) is 12.1 Å². The lowest BCUT2D eigenvalue weighted by molar-refractivity contribution is 0.179. The van der Waals surface area contributed by atoms with Crippen molar-refractivity contribution in [1.82, 2.24) is 0 Å². The van der Waals surface area contributed by atoms with E-state index in [1.165, 1.54) is 12.8 Å². The highest BCUT2D eigenvalue weighted by Gasteiger charge is 2.31. The molecule has 1 aliphatic carbocycles. The Labute approximate surface area is 116 Å². The van der Waals surface area contributed by atoms with Gasteiger partial charge in [0.2, 0.25) is 0 Å². The van der Waals surface area contributed by atoms with Gasteiger partial charge in [0.15, 0.2) is 0 Å². The fraction of sp³-hybridized carbons (Fsp3) is 0.500.